The first-order chi connectivity index (χ1) is 12.1. The quantitative estimate of drug-likeness (QED) is 0.393. The Hall–Kier alpha value is -1.25. The van der Waals surface area contributed by atoms with Gasteiger partial charge in [-0.3, -0.25) is 4.79 Å². The van der Waals surface area contributed by atoms with Gasteiger partial charge in [-0.15, -0.1) is 4.72 Å². The highest BCUT2D eigenvalue weighted by molar-refractivity contribution is 7.90. The lowest BCUT2D eigenvalue weighted by atomic mass is 9.88. The van der Waals surface area contributed by atoms with Crippen LogP contribution in [0.25, 0.3) is 0 Å². The van der Waals surface area contributed by atoms with Crippen molar-refractivity contribution in [3.8, 4) is 0 Å². The molecule has 0 aromatic heterocycles. The van der Waals surface area contributed by atoms with Crippen LogP contribution in [-0.2, 0) is 26.4 Å². The first-order valence-corrected chi connectivity index (χ1v) is 9.58. The minimum atomic E-state index is -1.99. The minimum absolute atomic E-state index is 0.145. The molecular formula is C18H26F3NO3S. The highest BCUT2D eigenvalue weighted by Crippen LogP contribution is 2.32. The Morgan fingerprint density at radius 3 is 2.50 bits per heavy atom. The van der Waals surface area contributed by atoms with Gasteiger partial charge in [-0.25, -0.2) is 13.2 Å². The van der Waals surface area contributed by atoms with Gasteiger partial charge in [0.05, 0.1) is 13.0 Å². The van der Waals surface area contributed by atoms with E-state index in [1.165, 1.54) is 12.1 Å². The molecule has 8 heteroatoms. The zero-order valence-corrected chi connectivity index (χ0v) is 16.4. The van der Waals surface area contributed by atoms with Crippen LogP contribution in [0.4, 0.5) is 13.2 Å². The number of hydrogen-bond acceptors (Lipinski definition) is 4. The topological polar surface area (TPSA) is 61.4 Å². The monoisotopic (exact) mass is 393 g/mol. The highest BCUT2D eigenvalue weighted by atomic mass is 32.2. The van der Waals surface area contributed by atoms with Gasteiger partial charge in [-0.05, 0) is 33.3 Å². The summed E-state index contributed by atoms with van der Waals surface area (Å²) in [7, 11) is 0. The van der Waals surface area contributed by atoms with E-state index < -0.39 is 57.9 Å². The summed E-state index contributed by atoms with van der Waals surface area (Å²) in [5, 5.41) is 0. The van der Waals surface area contributed by atoms with Gasteiger partial charge in [-0.1, -0.05) is 25.5 Å². The van der Waals surface area contributed by atoms with Gasteiger partial charge < -0.3 is 9.29 Å². The summed E-state index contributed by atoms with van der Waals surface area (Å²) in [4.78, 5) is 12.1. The third-order valence-electron chi connectivity index (χ3n) is 3.75. The van der Waals surface area contributed by atoms with Gasteiger partial charge in [0, 0.05) is 16.9 Å². The summed E-state index contributed by atoms with van der Waals surface area (Å²) in [6, 6.07) is 3.27. The number of nitrogens with one attached hydrogen (secondary N) is 1. The molecule has 0 spiro atoms. The molecule has 1 rings (SSSR count). The predicted octanol–water partition coefficient (Wildman–Crippen LogP) is 3.91. The molecule has 148 valence electrons. The maximum Gasteiger partial charge on any atom is 0.308 e. The Morgan fingerprint density at radius 1 is 1.31 bits per heavy atom. The fraction of sp³-hybridized carbons (Fsp3) is 0.611. The number of alkyl halides is 1. The fourth-order valence-electron chi connectivity index (χ4n) is 2.16. The number of carbonyl (C=O) groups is 1. The lowest BCUT2D eigenvalue weighted by Crippen LogP contribution is -2.54. The maximum atomic E-state index is 14.4. The first kappa shape index (κ1) is 22.8. The van der Waals surface area contributed by atoms with Crippen molar-refractivity contribution >= 4 is 17.3 Å². The van der Waals surface area contributed by atoms with Crippen molar-refractivity contribution in [3.63, 3.8) is 0 Å². The van der Waals surface area contributed by atoms with E-state index in [9.17, 15) is 22.5 Å². The predicted molar refractivity (Wildman–Crippen MR) is 95.5 cm³/mol. The molecule has 0 aliphatic carbocycles. The number of benzene rings is 1. The number of esters is 1. The highest BCUT2D eigenvalue weighted by Gasteiger charge is 2.45. The molecule has 0 fully saturated rings. The molecule has 1 aromatic carbocycles. The van der Waals surface area contributed by atoms with Gasteiger partial charge in [0.2, 0.25) is 0 Å². The largest absolute Gasteiger partial charge is 0.598 e. The van der Waals surface area contributed by atoms with Crippen molar-refractivity contribution in [1.29, 1.82) is 0 Å². The van der Waals surface area contributed by atoms with Crippen molar-refractivity contribution in [2.75, 3.05) is 13.3 Å². The Morgan fingerprint density at radius 2 is 1.96 bits per heavy atom. The molecule has 0 heterocycles. The number of rotatable bonds is 9. The second-order valence-corrected chi connectivity index (χ2v) is 9.02. The molecule has 0 aliphatic rings. The minimum Gasteiger partial charge on any atom is -0.598 e. The Bertz CT molecular complexity index is 610. The average Bonchev–Trinajstić information content (AvgIpc) is 2.56. The molecule has 4 nitrogen and oxygen atoms in total. The van der Waals surface area contributed by atoms with Crippen LogP contribution in [-0.4, -0.2) is 28.6 Å². The van der Waals surface area contributed by atoms with E-state index in [-0.39, 0.29) is 6.61 Å². The Kier molecular flexibility index (Phi) is 8.43. The normalized spacial score (nSPS) is 15.4. The summed E-state index contributed by atoms with van der Waals surface area (Å²) < 4.78 is 61.4. The molecule has 0 saturated carbocycles. The standard InChI is InChI=1S/C18H26F3NO3S/c1-5-6-10-25-15(23)11-18(12-19,22-26(24)17(2,3)4)13-8-7-9-14(20)16(13)21/h7-9,22H,5-6,10-12H2,1-4H3. The molecule has 0 bridgehead atoms. The molecular weight excluding hydrogens is 367 g/mol. The number of unbranched alkanes of at least 4 members (excludes halogenated alkanes) is 1. The summed E-state index contributed by atoms with van der Waals surface area (Å²) in [6.07, 6.45) is 0.811. The Balaban J connectivity index is 3.25. The van der Waals surface area contributed by atoms with Crippen molar-refractivity contribution in [2.45, 2.75) is 57.2 Å². The van der Waals surface area contributed by atoms with Gasteiger partial charge >= 0.3 is 5.97 Å². The maximum absolute atomic E-state index is 14.4. The summed E-state index contributed by atoms with van der Waals surface area (Å²) in [5.74, 6) is -3.24. The van der Waals surface area contributed by atoms with Crippen LogP contribution in [0.2, 0.25) is 0 Å². The van der Waals surface area contributed by atoms with E-state index >= 15 is 0 Å². The molecule has 0 saturated heterocycles. The van der Waals surface area contributed by atoms with Gasteiger partial charge in [0.25, 0.3) is 0 Å². The number of ether oxygens (including phenoxy) is 1. The molecule has 1 N–H and O–H groups in total. The van der Waals surface area contributed by atoms with Crippen LogP contribution in [0.5, 0.6) is 0 Å². The molecule has 26 heavy (non-hydrogen) atoms. The number of hydrogen-bond donors (Lipinski definition) is 1. The van der Waals surface area contributed by atoms with Gasteiger partial charge in [0.1, 0.15) is 17.0 Å². The second-order valence-electron chi connectivity index (χ2n) is 7.05. The lowest BCUT2D eigenvalue weighted by molar-refractivity contribution is -0.145. The van der Waals surface area contributed by atoms with E-state index in [4.69, 9.17) is 4.74 Å². The number of carbonyl (C=O) groups excluding carboxylic acids is 1. The van der Waals surface area contributed by atoms with Crippen LogP contribution in [0.1, 0.15) is 52.5 Å². The first-order valence-electron chi connectivity index (χ1n) is 8.43. The van der Waals surface area contributed by atoms with E-state index in [0.29, 0.717) is 6.42 Å². The fourth-order valence-corrected chi connectivity index (χ4v) is 3.06. The van der Waals surface area contributed by atoms with E-state index in [1.54, 1.807) is 20.8 Å². The van der Waals surface area contributed by atoms with Crippen LogP contribution in [0.3, 0.4) is 0 Å². The average molecular weight is 393 g/mol. The zero-order chi connectivity index (χ0) is 20.0. The number of halogens is 3. The van der Waals surface area contributed by atoms with Gasteiger partial charge in [0.15, 0.2) is 11.6 Å². The van der Waals surface area contributed by atoms with Gasteiger partial charge in [-0.2, -0.15) is 0 Å². The van der Waals surface area contributed by atoms with Crippen LogP contribution in [0.15, 0.2) is 18.2 Å². The smallest absolute Gasteiger partial charge is 0.308 e. The second kappa shape index (κ2) is 9.62. The third-order valence-corrected chi connectivity index (χ3v) is 5.44. The molecule has 2 atom stereocenters. The summed E-state index contributed by atoms with van der Waals surface area (Å²) in [5.41, 5.74) is -2.39. The third kappa shape index (κ3) is 5.89. The van der Waals surface area contributed by atoms with Crippen LogP contribution >= 0.6 is 0 Å². The zero-order valence-electron chi connectivity index (χ0n) is 15.5. The summed E-state index contributed by atoms with van der Waals surface area (Å²) in [6.45, 7) is 5.71. The molecule has 2 unspecified atom stereocenters. The molecule has 0 radical (unpaired) electrons. The summed E-state index contributed by atoms with van der Waals surface area (Å²) >= 11 is -1.83. The van der Waals surface area contributed by atoms with Crippen molar-refractivity contribution in [1.82, 2.24) is 4.72 Å². The van der Waals surface area contributed by atoms with Crippen molar-refractivity contribution in [3.05, 3.63) is 35.4 Å². The van der Waals surface area contributed by atoms with Crippen LogP contribution < -0.4 is 4.72 Å². The van der Waals surface area contributed by atoms with E-state index in [0.717, 1.165) is 12.5 Å². The lowest BCUT2D eigenvalue weighted by Gasteiger charge is -2.35. The van der Waals surface area contributed by atoms with E-state index in [1.807, 2.05) is 6.92 Å². The Labute approximate surface area is 155 Å². The molecule has 0 amide bonds. The molecule has 0 aliphatic heterocycles. The van der Waals surface area contributed by atoms with Crippen LogP contribution in [0, 0.1) is 11.6 Å². The SMILES string of the molecule is CCCCOC(=O)CC(CF)(N[S+]([O-])C(C)(C)C)c1cccc(F)c1F. The van der Waals surface area contributed by atoms with Crippen molar-refractivity contribution in [2.24, 2.45) is 0 Å². The molecule has 1 aromatic rings. The van der Waals surface area contributed by atoms with Crippen molar-refractivity contribution < 1.29 is 27.3 Å². The van der Waals surface area contributed by atoms with E-state index in [2.05, 4.69) is 4.72 Å².